The molecule has 0 aliphatic heterocycles. The van der Waals surface area contributed by atoms with Gasteiger partial charge < -0.3 is 0 Å². The van der Waals surface area contributed by atoms with Gasteiger partial charge in [0.1, 0.15) is 4.90 Å². The smallest absolute Gasteiger partial charge is 0.207 e. The molecule has 0 unspecified atom stereocenters. The van der Waals surface area contributed by atoms with Crippen LogP contribution in [0.5, 0.6) is 0 Å². The van der Waals surface area contributed by atoms with Crippen LogP contribution in [0, 0.1) is 11.3 Å². The van der Waals surface area contributed by atoms with Gasteiger partial charge in [0, 0.05) is 15.2 Å². The molecule has 7 heteroatoms. The number of nitriles is 1. The van der Waals surface area contributed by atoms with Crippen molar-refractivity contribution in [1.29, 1.82) is 5.26 Å². The van der Waals surface area contributed by atoms with Gasteiger partial charge in [-0.25, -0.2) is 8.42 Å². The van der Waals surface area contributed by atoms with Crippen LogP contribution in [0.1, 0.15) is 5.56 Å². The van der Waals surface area contributed by atoms with E-state index in [0.29, 0.717) is 4.47 Å². The minimum atomic E-state index is -3.93. The zero-order valence-corrected chi connectivity index (χ0v) is 10.4. The minimum Gasteiger partial charge on any atom is -0.207 e. The summed E-state index contributed by atoms with van der Waals surface area (Å²) in [6, 6.07) is 4.33. The lowest BCUT2D eigenvalue weighted by Crippen LogP contribution is -1.93. The van der Waals surface area contributed by atoms with Crippen LogP contribution in [-0.4, -0.2) is 8.42 Å². The number of hydrogen-bond donors (Lipinski definition) is 0. The van der Waals surface area contributed by atoms with Gasteiger partial charge in [-0.3, -0.25) is 0 Å². The van der Waals surface area contributed by atoms with Crippen LogP contribution in [0.15, 0.2) is 21.5 Å². The molecule has 0 saturated carbocycles. The molecule has 0 aliphatic rings. The Balaban J connectivity index is 3.61. The van der Waals surface area contributed by atoms with E-state index in [1.54, 1.807) is 6.07 Å². The Morgan fingerprint density at radius 1 is 1.43 bits per heavy atom. The lowest BCUT2D eigenvalue weighted by Gasteiger charge is -2.02. The third-order valence-electron chi connectivity index (χ3n) is 1.39. The van der Waals surface area contributed by atoms with Crippen LogP contribution < -0.4 is 0 Å². The molecular weight excluding hydrogens is 313 g/mol. The van der Waals surface area contributed by atoms with Gasteiger partial charge in [0.05, 0.1) is 16.7 Å². The summed E-state index contributed by atoms with van der Waals surface area (Å²) in [5, 5.41) is 8.56. The highest BCUT2D eigenvalue weighted by molar-refractivity contribution is 9.10. The second kappa shape index (κ2) is 4.07. The fraction of sp³-hybridized carbons (Fsp3) is 0. The Bertz CT molecular complexity index is 521. The van der Waals surface area contributed by atoms with Crippen LogP contribution in [0.25, 0.3) is 0 Å². The van der Waals surface area contributed by atoms with E-state index in [1.165, 1.54) is 6.07 Å². The molecule has 0 aromatic heterocycles. The normalized spacial score (nSPS) is 11.0. The number of benzene rings is 1. The van der Waals surface area contributed by atoms with Crippen molar-refractivity contribution in [3.8, 4) is 6.07 Å². The summed E-state index contributed by atoms with van der Waals surface area (Å²) in [6.07, 6.45) is 0. The van der Waals surface area contributed by atoms with Crippen molar-refractivity contribution in [1.82, 2.24) is 0 Å². The van der Waals surface area contributed by atoms with E-state index in [4.69, 9.17) is 27.5 Å². The van der Waals surface area contributed by atoms with Crippen molar-refractivity contribution < 1.29 is 8.42 Å². The van der Waals surface area contributed by atoms with E-state index < -0.39 is 9.05 Å². The second-order valence-electron chi connectivity index (χ2n) is 2.32. The van der Waals surface area contributed by atoms with Crippen LogP contribution in [-0.2, 0) is 9.05 Å². The number of nitrogens with zero attached hydrogens (tertiary/aromatic N) is 1. The molecule has 14 heavy (non-hydrogen) atoms. The summed E-state index contributed by atoms with van der Waals surface area (Å²) in [6.45, 7) is 0. The molecule has 0 N–H and O–H groups in total. The summed E-state index contributed by atoms with van der Waals surface area (Å²) >= 11 is 8.71. The van der Waals surface area contributed by atoms with Crippen molar-refractivity contribution in [3.05, 3.63) is 27.2 Å². The number of hydrogen-bond acceptors (Lipinski definition) is 3. The molecule has 1 aromatic carbocycles. The van der Waals surface area contributed by atoms with Gasteiger partial charge in [-0.05, 0) is 28.1 Å². The van der Waals surface area contributed by atoms with Gasteiger partial charge in [-0.15, -0.1) is 0 Å². The highest BCUT2D eigenvalue weighted by Crippen LogP contribution is 2.32. The van der Waals surface area contributed by atoms with Crippen molar-refractivity contribution in [2.45, 2.75) is 4.90 Å². The minimum absolute atomic E-state index is 0.0287. The number of halogens is 3. The average molecular weight is 315 g/mol. The molecular formula is C7H2BrCl2NO2S. The van der Waals surface area contributed by atoms with Gasteiger partial charge in [0.25, 0.3) is 9.05 Å². The molecule has 1 rings (SSSR count). The molecule has 0 amide bonds. The predicted octanol–water partition coefficient (Wildman–Crippen LogP) is 2.90. The summed E-state index contributed by atoms with van der Waals surface area (Å²) < 4.78 is 22.4. The lowest BCUT2D eigenvalue weighted by molar-refractivity contribution is 0.609. The van der Waals surface area contributed by atoms with E-state index in [1.807, 2.05) is 0 Å². The van der Waals surface area contributed by atoms with Gasteiger partial charge in [-0.2, -0.15) is 5.26 Å². The fourth-order valence-electron chi connectivity index (χ4n) is 0.806. The predicted molar refractivity (Wildman–Crippen MR) is 56.9 cm³/mol. The molecule has 0 heterocycles. The monoisotopic (exact) mass is 313 g/mol. The van der Waals surface area contributed by atoms with E-state index in [-0.39, 0.29) is 15.5 Å². The quantitative estimate of drug-likeness (QED) is 0.749. The summed E-state index contributed by atoms with van der Waals surface area (Å²) in [7, 11) is 1.19. The highest BCUT2D eigenvalue weighted by Gasteiger charge is 2.18. The van der Waals surface area contributed by atoms with E-state index in [9.17, 15) is 8.42 Å². The maximum Gasteiger partial charge on any atom is 0.262 e. The maximum absolute atomic E-state index is 11.0. The standard InChI is InChI=1S/C7H2BrCl2NO2S/c8-5-1-4(3-11)2-6(7(5)9)14(10,12)13/h1-2H. The van der Waals surface area contributed by atoms with Crippen LogP contribution in [0.4, 0.5) is 0 Å². The zero-order chi connectivity index (χ0) is 10.9. The molecule has 0 fully saturated rings. The van der Waals surface area contributed by atoms with E-state index in [2.05, 4.69) is 15.9 Å². The average Bonchev–Trinajstić information content (AvgIpc) is 2.07. The molecule has 0 atom stereocenters. The Morgan fingerprint density at radius 3 is 2.43 bits per heavy atom. The first kappa shape index (κ1) is 11.8. The largest absolute Gasteiger partial charge is 0.262 e. The molecule has 0 saturated heterocycles. The third-order valence-corrected chi connectivity index (χ3v) is 4.11. The van der Waals surface area contributed by atoms with Gasteiger partial charge >= 0.3 is 0 Å². The molecule has 3 nitrogen and oxygen atoms in total. The second-order valence-corrected chi connectivity index (χ2v) is 6.09. The topological polar surface area (TPSA) is 57.9 Å². The molecule has 0 aliphatic carbocycles. The third kappa shape index (κ3) is 2.39. The van der Waals surface area contributed by atoms with Crippen LogP contribution in [0.2, 0.25) is 5.02 Å². The molecule has 0 radical (unpaired) electrons. The molecule has 1 aromatic rings. The van der Waals surface area contributed by atoms with Crippen molar-refractivity contribution in [2.24, 2.45) is 0 Å². The van der Waals surface area contributed by atoms with Gasteiger partial charge in [-0.1, -0.05) is 11.6 Å². The first-order valence-electron chi connectivity index (χ1n) is 3.20. The SMILES string of the molecule is N#Cc1cc(Br)c(Cl)c(S(=O)(=O)Cl)c1. The Hall–Kier alpha value is -0.280. The molecule has 0 bridgehead atoms. The van der Waals surface area contributed by atoms with Crippen molar-refractivity contribution >= 4 is 47.3 Å². The Morgan fingerprint density at radius 2 is 2.00 bits per heavy atom. The Kier molecular flexibility index (Phi) is 3.43. The van der Waals surface area contributed by atoms with Crippen molar-refractivity contribution in [3.63, 3.8) is 0 Å². The van der Waals surface area contributed by atoms with E-state index in [0.717, 1.165) is 6.07 Å². The van der Waals surface area contributed by atoms with E-state index >= 15 is 0 Å². The van der Waals surface area contributed by atoms with Crippen LogP contribution >= 0.6 is 38.2 Å². The van der Waals surface area contributed by atoms with Gasteiger partial charge in [0.2, 0.25) is 0 Å². The molecule has 74 valence electrons. The zero-order valence-electron chi connectivity index (χ0n) is 6.46. The summed E-state index contributed by atoms with van der Waals surface area (Å²) in [5.74, 6) is 0. The fourth-order valence-corrected chi connectivity index (χ4v) is 2.89. The van der Waals surface area contributed by atoms with Gasteiger partial charge in [0.15, 0.2) is 0 Å². The highest BCUT2D eigenvalue weighted by atomic mass is 79.9. The van der Waals surface area contributed by atoms with Crippen molar-refractivity contribution in [2.75, 3.05) is 0 Å². The summed E-state index contributed by atoms with van der Waals surface area (Å²) in [4.78, 5) is -0.272. The van der Waals surface area contributed by atoms with Crippen LogP contribution in [0.3, 0.4) is 0 Å². The number of rotatable bonds is 1. The molecule has 0 spiro atoms. The first-order chi connectivity index (χ1) is 6.36. The maximum atomic E-state index is 11.0. The Labute approximate surface area is 98.8 Å². The first-order valence-corrected chi connectivity index (χ1v) is 6.68. The summed E-state index contributed by atoms with van der Waals surface area (Å²) in [5.41, 5.74) is 0.167. The lowest BCUT2D eigenvalue weighted by atomic mass is 10.2.